The van der Waals surface area contributed by atoms with E-state index >= 15 is 0 Å². The fourth-order valence-electron chi connectivity index (χ4n) is 2.82. The zero-order valence-electron chi connectivity index (χ0n) is 16.8. The van der Waals surface area contributed by atoms with Crippen LogP contribution in [0.1, 0.15) is 26.3 Å². The highest BCUT2D eigenvalue weighted by atomic mass is 32.2. The summed E-state index contributed by atoms with van der Waals surface area (Å²) in [6.07, 6.45) is -3.98. The molecule has 2 aromatic rings. The van der Waals surface area contributed by atoms with Gasteiger partial charge in [0.25, 0.3) is 0 Å². The van der Waals surface area contributed by atoms with Gasteiger partial charge in [0.2, 0.25) is 5.91 Å². The van der Waals surface area contributed by atoms with Gasteiger partial charge >= 0.3 is 12.3 Å². The summed E-state index contributed by atoms with van der Waals surface area (Å²) in [4.78, 5) is 27.7. The van der Waals surface area contributed by atoms with Gasteiger partial charge in [0.1, 0.15) is 5.60 Å². The van der Waals surface area contributed by atoms with Crippen LogP contribution in [0.5, 0.6) is 0 Å². The zero-order valence-corrected chi connectivity index (χ0v) is 17.6. The molecule has 1 aliphatic rings. The van der Waals surface area contributed by atoms with E-state index in [9.17, 15) is 22.8 Å². The van der Waals surface area contributed by atoms with Crippen LogP contribution in [-0.4, -0.2) is 73.9 Å². The van der Waals surface area contributed by atoms with Gasteiger partial charge < -0.3 is 14.5 Å². The van der Waals surface area contributed by atoms with Crippen LogP contribution in [0.3, 0.4) is 0 Å². The van der Waals surface area contributed by atoms with Crippen LogP contribution in [0.4, 0.5) is 18.0 Å². The highest BCUT2D eigenvalue weighted by molar-refractivity contribution is 7.99. The Kier molecular flexibility index (Phi) is 6.16. The van der Waals surface area contributed by atoms with Crippen molar-refractivity contribution >= 4 is 29.4 Å². The number of amides is 2. The van der Waals surface area contributed by atoms with Crippen LogP contribution in [0.2, 0.25) is 0 Å². The maximum absolute atomic E-state index is 12.9. The number of piperazine rings is 1. The topological polar surface area (TPSA) is 80.0 Å². The molecule has 12 heteroatoms. The Bertz CT molecular complexity index is 933. The lowest BCUT2D eigenvalue weighted by molar-refractivity contribution is -0.138. The molecule has 2 amide bonds. The summed E-state index contributed by atoms with van der Waals surface area (Å²) in [6, 6.07) is 2.17. The van der Waals surface area contributed by atoms with E-state index in [4.69, 9.17) is 4.74 Å². The van der Waals surface area contributed by atoms with E-state index in [-0.39, 0.29) is 22.5 Å². The second-order valence-corrected chi connectivity index (χ2v) is 8.71. The fourth-order valence-corrected chi connectivity index (χ4v) is 3.64. The molecule has 0 bridgehead atoms. The SMILES string of the molecule is CC(C)(C)OC(=O)N1CCN(C(=O)CSc2nnc3ccc(C(F)(F)F)cn23)CC1. The van der Waals surface area contributed by atoms with Crippen molar-refractivity contribution in [3.63, 3.8) is 0 Å². The molecule has 3 rings (SSSR count). The van der Waals surface area contributed by atoms with E-state index in [2.05, 4.69) is 10.2 Å². The summed E-state index contributed by atoms with van der Waals surface area (Å²) in [7, 11) is 0. The van der Waals surface area contributed by atoms with Crippen LogP contribution in [0.15, 0.2) is 23.5 Å². The van der Waals surface area contributed by atoms with Crippen LogP contribution < -0.4 is 0 Å². The minimum atomic E-state index is -4.48. The van der Waals surface area contributed by atoms with Crippen LogP contribution >= 0.6 is 11.8 Å². The van der Waals surface area contributed by atoms with E-state index in [1.165, 1.54) is 10.5 Å². The van der Waals surface area contributed by atoms with Gasteiger partial charge in [-0.25, -0.2) is 4.79 Å². The average molecular weight is 445 g/mol. The van der Waals surface area contributed by atoms with Crippen molar-refractivity contribution in [1.29, 1.82) is 0 Å². The molecule has 30 heavy (non-hydrogen) atoms. The maximum atomic E-state index is 12.9. The predicted molar refractivity (Wildman–Crippen MR) is 103 cm³/mol. The summed E-state index contributed by atoms with van der Waals surface area (Å²) >= 11 is 1.02. The van der Waals surface area contributed by atoms with Gasteiger partial charge in [-0.1, -0.05) is 11.8 Å². The first-order valence-electron chi connectivity index (χ1n) is 9.24. The van der Waals surface area contributed by atoms with Crippen LogP contribution in [0.25, 0.3) is 5.65 Å². The van der Waals surface area contributed by atoms with Gasteiger partial charge in [-0.2, -0.15) is 13.2 Å². The molecule has 3 heterocycles. The number of fused-ring (bicyclic) bond motifs is 1. The van der Waals surface area contributed by atoms with Gasteiger partial charge in [-0.05, 0) is 32.9 Å². The fraction of sp³-hybridized carbons (Fsp3) is 0.556. The first-order valence-corrected chi connectivity index (χ1v) is 10.2. The molecule has 1 saturated heterocycles. The molecule has 0 aromatic carbocycles. The van der Waals surface area contributed by atoms with Crippen molar-refractivity contribution in [2.24, 2.45) is 0 Å². The second-order valence-electron chi connectivity index (χ2n) is 7.76. The van der Waals surface area contributed by atoms with E-state index in [0.29, 0.717) is 26.2 Å². The summed E-state index contributed by atoms with van der Waals surface area (Å²) in [6.45, 7) is 6.78. The standard InChI is InChI=1S/C18H22F3N5O3S/c1-17(2,3)29-16(28)25-8-6-24(7-9-25)14(27)11-30-15-23-22-13-5-4-12(10-26(13)15)18(19,20)21/h4-5,10H,6-9,11H2,1-3H3. The maximum Gasteiger partial charge on any atom is 0.417 e. The van der Waals surface area contributed by atoms with Crippen molar-refractivity contribution in [2.75, 3.05) is 31.9 Å². The van der Waals surface area contributed by atoms with Gasteiger partial charge in [0.15, 0.2) is 10.8 Å². The number of nitrogens with zero attached hydrogens (tertiary/aromatic N) is 5. The van der Waals surface area contributed by atoms with Gasteiger partial charge in [-0.3, -0.25) is 9.20 Å². The Labute approximate surface area is 175 Å². The molecule has 0 saturated carbocycles. The molecule has 8 nitrogen and oxygen atoms in total. The average Bonchev–Trinajstić information content (AvgIpc) is 3.06. The molecule has 0 atom stereocenters. The predicted octanol–water partition coefficient (Wildman–Crippen LogP) is 2.92. The number of thioether (sulfide) groups is 1. The number of hydrogen-bond acceptors (Lipinski definition) is 6. The van der Waals surface area contributed by atoms with E-state index < -0.39 is 23.4 Å². The number of alkyl halides is 3. The van der Waals surface area contributed by atoms with Gasteiger partial charge in [-0.15, -0.1) is 10.2 Å². The van der Waals surface area contributed by atoms with Crippen molar-refractivity contribution in [1.82, 2.24) is 24.4 Å². The summed E-state index contributed by atoms with van der Waals surface area (Å²) < 4.78 is 45.3. The Morgan fingerprint density at radius 3 is 2.30 bits per heavy atom. The molecule has 164 valence electrons. The minimum Gasteiger partial charge on any atom is -0.444 e. The molecule has 1 aliphatic heterocycles. The number of ether oxygens (including phenoxy) is 1. The molecular formula is C18H22F3N5O3S. The number of rotatable bonds is 3. The van der Waals surface area contributed by atoms with Crippen LogP contribution in [0, 0.1) is 0 Å². The van der Waals surface area contributed by atoms with Crippen molar-refractivity contribution in [3.05, 3.63) is 23.9 Å². The lowest BCUT2D eigenvalue weighted by Gasteiger charge is -2.35. The molecule has 0 unspecified atom stereocenters. The zero-order chi connectivity index (χ0) is 22.1. The lowest BCUT2D eigenvalue weighted by Crippen LogP contribution is -2.52. The quantitative estimate of drug-likeness (QED) is 0.676. The first-order chi connectivity index (χ1) is 13.9. The first kappa shape index (κ1) is 22.2. The van der Waals surface area contributed by atoms with E-state index in [1.54, 1.807) is 30.6 Å². The molecular weight excluding hydrogens is 423 g/mol. The number of aromatic nitrogens is 3. The Balaban J connectivity index is 1.56. The minimum absolute atomic E-state index is 0.00345. The monoisotopic (exact) mass is 445 g/mol. The summed E-state index contributed by atoms with van der Waals surface area (Å²) in [5.41, 5.74) is -1.14. The third-order valence-electron chi connectivity index (χ3n) is 4.31. The normalized spacial score (nSPS) is 15.5. The molecule has 1 fully saturated rings. The number of halogens is 3. The molecule has 0 N–H and O–H groups in total. The van der Waals surface area contributed by atoms with E-state index in [0.717, 1.165) is 24.0 Å². The van der Waals surface area contributed by atoms with Crippen molar-refractivity contribution in [2.45, 2.75) is 37.7 Å². The Morgan fingerprint density at radius 2 is 1.70 bits per heavy atom. The highest BCUT2D eigenvalue weighted by Crippen LogP contribution is 2.30. The molecule has 2 aromatic heterocycles. The summed E-state index contributed by atoms with van der Waals surface area (Å²) in [5.74, 6) is -0.184. The third kappa shape index (κ3) is 5.35. The Morgan fingerprint density at radius 1 is 1.07 bits per heavy atom. The highest BCUT2D eigenvalue weighted by Gasteiger charge is 2.31. The number of carbonyl (C=O) groups is 2. The lowest BCUT2D eigenvalue weighted by atomic mass is 10.2. The largest absolute Gasteiger partial charge is 0.444 e. The molecule has 0 radical (unpaired) electrons. The van der Waals surface area contributed by atoms with Crippen molar-refractivity contribution < 1.29 is 27.5 Å². The number of carbonyl (C=O) groups excluding carboxylic acids is 2. The molecule has 0 spiro atoms. The number of pyridine rings is 1. The third-order valence-corrected chi connectivity index (χ3v) is 5.24. The molecule has 0 aliphatic carbocycles. The van der Waals surface area contributed by atoms with Crippen molar-refractivity contribution in [3.8, 4) is 0 Å². The number of hydrogen-bond donors (Lipinski definition) is 0. The van der Waals surface area contributed by atoms with Crippen LogP contribution in [-0.2, 0) is 15.7 Å². The van der Waals surface area contributed by atoms with E-state index in [1.807, 2.05) is 0 Å². The summed E-state index contributed by atoms with van der Waals surface area (Å²) in [5, 5.41) is 7.91. The smallest absolute Gasteiger partial charge is 0.417 e. The second kappa shape index (κ2) is 8.32. The van der Waals surface area contributed by atoms with Gasteiger partial charge in [0, 0.05) is 32.4 Å². The Hall–Kier alpha value is -2.50. The van der Waals surface area contributed by atoms with Gasteiger partial charge in [0.05, 0.1) is 11.3 Å².